The van der Waals surface area contributed by atoms with Gasteiger partial charge in [0.2, 0.25) is 0 Å². The number of rotatable bonds is 5. The minimum absolute atomic E-state index is 0.0158. The number of ether oxygens (including phenoxy) is 1. The third-order valence-corrected chi connectivity index (χ3v) is 5.65. The van der Waals surface area contributed by atoms with Gasteiger partial charge in [-0.1, -0.05) is 42.5 Å². The quantitative estimate of drug-likeness (QED) is 0.441. The molecule has 2 aliphatic rings. The molecule has 0 spiro atoms. The smallest absolute Gasteiger partial charge is 0.337 e. The summed E-state index contributed by atoms with van der Waals surface area (Å²) in [7, 11) is 0. The van der Waals surface area contributed by atoms with Crippen molar-refractivity contribution in [1.82, 2.24) is 5.32 Å². The summed E-state index contributed by atoms with van der Waals surface area (Å²) in [6, 6.07) is 15.4. The lowest BCUT2D eigenvalue weighted by atomic mass is 9.75. The summed E-state index contributed by atoms with van der Waals surface area (Å²) in [4.78, 5) is 36.6. The molecule has 31 heavy (non-hydrogen) atoms. The van der Waals surface area contributed by atoms with Crippen LogP contribution in [0.15, 0.2) is 77.1 Å². The van der Waals surface area contributed by atoms with Crippen LogP contribution in [0.1, 0.15) is 43.2 Å². The fraction of sp³-hybridized carbons (Fsp3) is 0.250. The standard InChI is InChI=1S/C24H22N2O5/c1-15-21(24(28)31-14-16-6-3-2-4-7-16)22(17-10-12-18(13-11-17)26(29)30)23-19(25-15)8-5-9-20(23)27/h2-4,6-7,10-13,22,25H,5,8-9,14H2,1H3/t22-/m1/s1. The number of nitrogens with one attached hydrogen (secondary N) is 1. The zero-order chi connectivity index (χ0) is 22.0. The number of nitro benzene ring substituents is 1. The van der Waals surface area contributed by atoms with Gasteiger partial charge in [-0.15, -0.1) is 0 Å². The second-order valence-electron chi connectivity index (χ2n) is 7.68. The molecule has 1 aliphatic heterocycles. The minimum Gasteiger partial charge on any atom is -0.457 e. The molecule has 0 fully saturated rings. The van der Waals surface area contributed by atoms with Crippen molar-refractivity contribution in [3.05, 3.63) is 98.4 Å². The van der Waals surface area contributed by atoms with E-state index >= 15 is 0 Å². The molecule has 0 unspecified atom stereocenters. The molecule has 0 bridgehead atoms. The second kappa shape index (κ2) is 8.55. The number of nitrogens with zero attached hydrogens (tertiary/aromatic N) is 1. The minimum atomic E-state index is -0.617. The van der Waals surface area contributed by atoms with Crippen molar-refractivity contribution in [2.24, 2.45) is 0 Å². The maximum atomic E-state index is 13.2. The van der Waals surface area contributed by atoms with Crippen LogP contribution in [0, 0.1) is 10.1 Å². The van der Waals surface area contributed by atoms with E-state index in [0.717, 1.165) is 17.7 Å². The highest BCUT2D eigenvalue weighted by atomic mass is 16.6. The van der Waals surface area contributed by atoms with Gasteiger partial charge in [-0.2, -0.15) is 0 Å². The molecule has 1 N–H and O–H groups in total. The summed E-state index contributed by atoms with van der Waals surface area (Å²) >= 11 is 0. The summed E-state index contributed by atoms with van der Waals surface area (Å²) in [5.74, 6) is -1.15. The Hall–Kier alpha value is -3.74. The molecule has 0 saturated carbocycles. The van der Waals surface area contributed by atoms with Gasteiger partial charge < -0.3 is 10.1 Å². The van der Waals surface area contributed by atoms with Crippen LogP contribution in [0.25, 0.3) is 0 Å². The molecule has 7 heteroatoms. The van der Waals surface area contributed by atoms with E-state index in [2.05, 4.69) is 5.32 Å². The highest BCUT2D eigenvalue weighted by molar-refractivity contribution is 6.03. The predicted octanol–water partition coefficient (Wildman–Crippen LogP) is 4.31. The van der Waals surface area contributed by atoms with E-state index in [0.29, 0.717) is 35.2 Å². The number of carbonyl (C=O) groups excluding carboxylic acids is 2. The molecule has 2 aromatic rings. The summed E-state index contributed by atoms with van der Waals surface area (Å²) < 4.78 is 5.59. The normalized spacial score (nSPS) is 18.4. The number of hydrogen-bond donors (Lipinski definition) is 1. The number of dihydropyridines is 1. The zero-order valence-electron chi connectivity index (χ0n) is 17.1. The van der Waals surface area contributed by atoms with Gasteiger partial charge in [-0.3, -0.25) is 14.9 Å². The lowest BCUT2D eigenvalue weighted by Crippen LogP contribution is -2.34. The summed E-state index contributed by atoms with van der Waals surface area (Å²) in [5, 5.41) is 14.3. The molecule has 2 aromatic carbocycles. The second-order valence-corrected chi connectivity index (χ2v) is 7.68. The Morgan fingerprint density at radius 3 is 2.52 bits per heavy atom. The molecule has 158 valence electrons. The van der Waals surface area contributed by atoms with Crippen LogP contribution in [0.4, 0.5) is 5.69 Å². The van der Waals surface area contributed by atoms with Crippen LogP contribution >= 0.6 is 0 Å². The molecular weight excluding hydrogens is 396 g/mol. The van der Waals surface area contributed by atoms with Gasteiger partial charge in [0.15, 0.2) is 5.78 Å². The predicted molar refractivity (Wildman–Crippen MR) is 114 cm³/mol. The molecule has 1 heterocycles. The zero-order valence-corrected chi connectivity index (χ0v) is 17.1. The fourth-order valence-corrected chi connectivity index (χ4v) is 4.18. The number of Topliss-reactive ketones (excluding diaryl/α,β-unsaturated/α-hetero) is 1. The van der Waals surface area contributed by atoms with Crippen LogP contribution in [-0.4, -0.2) is 16.7 Å². The number of esters is 1. The Bertz CT molecular complexity index is 1100. The van der Waals surface area contributed by atoms with Gasteiger partial charge in [0.1, 0.15) is 6.61 Å². The van der Waals surface area contributed by atoms with Crippen LogP contribution in [0.3, 0.4) is 0 Å². The van der Waals surface area contributed by atoms with E-state index in [4.69, 9.17) is 4.74 Å². The lowest BCUT2D eigenvalue weighted by molar-refractivity contribution is -0.384. The maximum absolute atomic E-state index is 13.2. The topological polar surface area (TPSA) is 98.5 Å². The number of benzene rings is 2. The number of allylic oxidation sites excluding steroid dienone is 3. The van der Waals surface area contributed by atoms with E-state index in [9.17, 15) is 19.7 Å². The highest BCUT2D eigenvalue weighted by Crippen LogP contribution is 2.42. The Morgan fingerprint density at radius 2 is 1.84 bits per heavy atom. The largest absolute Gasteiger partial charge is 0.457 e. The monoisotopic (exact) mass is 418 g/mol. The number of non-ortho nitro benzene ring substituents is 1. The Morgan fingerprint density at radius 1 is 1.13 bits per heavy atom. The van der Waals surface area contributed by atoms with Crippen molar-refractivity contribution < 1.29 is 19.2 Å². The third-order valence-electron chi connectivity index (χ3n) is 5.65. The summed E-state index contributed by atoms with van der Waals surface area (Å²) in [5.41, 5.74) is 3.83. The average Bonchev–Trinajstić information content (AvgIpc) is 2.77. The first-order chi connectivity index (χ1) is 15.0. The first-order valence-electron chi connectivity index (χ1n) is 10.1. The maximum Gasteiger partial charge on any atom is 0.337 e. The number of ketones is 1. The van der Waals surface area contributed by atoms with Gasteiger partial charge in [0.25, 0.3) is 5.69 Å². The van der Waals surface area contributed by atoms with Gasteiger partial charge in [0.05, 0.1) is 10.5 Å². The average molecular weight is 418 g/mol. The van der Waals surface area contributed by atoms with Crippen molar-refractivity contribution in [2.45, 2.75) is 38.7 Å². The molecule has 1 atom stereocenters. The van der Waals surface area contributed by atoms with E-state index in [1.807, 2.05) is 30.3 Å². The van der Waals surface area contributed by atoms with Gasteiger partial charge in [-0.25, -0.2) is 4.79 Å². The third kappa shape index (κ3) is 4.12. The number of carbonyl (C=O) groups is 2. The van der Waals surface area contributed by atoms with Crippen molar-refractivity contribution in [3.8, 4) is 0 Å². The highest BCUT2D eigenvalue weighted by Gasteiger charge is 2.39. The van der Waals surface area contributed by atoms with Crippen LogP contribution < -0.4 is 5.32 Å². The fourth-order valence-electron chi connectivity index (χ4n) is 4.18. The van der Waals surface area contributed by atoms with Gasteiger partial charge in [0, 0.05) is 41.4 Å². The first-order valence-corrected chi connectivity index (χ1v) is 10.1. The summed E-state index contributed by atoms with van der Waals surface area (Å²) in [6.07, 6.45) is 1.88. The molecule has 4 rings (SSSR count). The van der Waals surface area contributed by atoms with Crippen molar-refractivity contribution in [1.29, 1.82) is 0 Å². The Labute approximate surface area is 179 Å². The van der Waals surface area contributed by atoms with Crippen molar-refractivity contribution >= 4 is 17.4 Å². The van der Waals surface area contributed by atoms with E-state index in [-0.39, 0.29) is 18.1 Å². The Kier molecular flexibility index (Phi) is 5.66. The summed E-state index contributed by atoms with van der Waals surface area (Å²) in [6.45, 7) is 1.91. The van der Waals surface area contributed by atoms with Crippen LogP contribution in [-0.2, 0) is 20.9 Å². The van der Waals surface area contributed by atoms with Gasteiger partial charge >= 0.3 is 5.97 Å². The lowest BCUT2D eigenvalue weighted by Gasteiger charge is -2.34. The van der Waals surface area contributed by atoms with E-state index in [1.165, 1.54) is 12.1 Å². The van der Waals surface area contributed by atoms with Crippen LogP contribution in [0.2, 0.25) is 0 Å². The number of hydrogen-bond acceptors (Lipinski definition) is 6. The molecular formula is C24H22N2O5. The molecule has 0 saturated heterocycles. The molecule has 0 radical (unpaired) electrons. The Balaban J connectivity index is 1.71. The van der Waals surface area contributed by atoms with Crippen LogP contribution in [0.5, 0.6) is 0 Å². The van der Waals surface area contributed by atoms with E-state index in [1.54, 1.807) is 19.1 Å². The van der Waals surface area contributed by atoms with E-state index < -0.39 is 16.8 Å². The molecule has 7 nitrogen and oxygen atoms in total. The SMILES string of the molecule is CC1=C(C(=O)OCc2ccccc2)[C@@H](c2ccc([N+](=O)[O-])cc2)C2=C(CCCC2=O)N1. The first kappa shape index (κ1) is 20.5. The molecule has 1 aliphatic carbocycles. The molecule has 0 amide bonds. The number of nitro groups is 1. The molecule has 0 aromatic heterocycles. The van der Waals surface area contributed by atoms with Crippen molar-refractivity contribution in [2.75, 3.05) is 0 Å². The van der Waals surface area contributed by atoms with Crippen molar-refractivity contribution in [3.63, 3.8) is 0 Å². The van der Waals surface area contributed by atoms with Gasteiger partial charge in [-0.05, 0) is 30.9 Å².